The summed E-state index contributed by atoms with van der Waals surface area (Å²) in [5.74, 6) is 0.789. The monoisotopic (exact) mass is 333 g/mol. The van der Waals surface area contributed by atoms with Gasteiger partial charge in [-0.1, -0.05) is 35.5 Å². The van der Waals surface area contributed by atoms with Crippen molar-refractivity contribution in [3.63, 3.8) is 0 Å². The molecule has 1 N–H and O–H groups in total. The Morgan fingerprint density at radius 1 is 1.14 bits per heavy atom. The van der Waals surface area contributed by atoms with Gasteiger partial charge in [-0.3, -0.25) is 0 Å². The summed E-state index contributed by atoms with van der Waals surface area (Å²) in [6, 6.07) is 11.7. The Balaban J connectivity index is 1.87. The summed E-state index contributed by atoms with van der Waals surface area (Å²) >= 11 is 9.37. The molecule has 21 heavy (non-hydrogen) atoms. The average molecular weight is 334 g/mol. The Labute approximate surface area is 136 Å². The fourth-order valence-electron chi connectivity index (χ4n) is 1.73. The van der Waals surface area contributed by atoms with Crippen molar-refractivity contribution in [3.8, 4) is 0 Å². The summed E-state index contributed by atoms with van der Waals surface area (Å²) in [5, 5.41) is 6.85. The fourth-order valence-corrected chi connectivity index (χ4v) is 3.56. The molecule has 0 radical (unpaired) electrons. The maximum atomic E-state index is 6.22. The average Bonchev–Trinajstić information content (AvgIpc) is 2.89. The second-order valence-corrected chi connectivity index (χ2v) is 6.65. The predicted octanol–water partition coefficient (Wildman–Crippen LogP) is 5.39. The smallest absolute Gasteiger partial charge is 0.188 e. The number of thiazole rings is 1. The number of pyridine rings is 1. The molecule has 0 amide bonds. The quantitative estimate of drug-likeness (QED) is 0.694. The number of nitrogens with one attached hydrogen (secondary N) is 1. The first-order valence-corrected chi connectivity index (χ1v) is 8.36. The Kier molecular flexibility index (Phi) is 4.43. The van der Waals surface area contributed by atoms with Crippen molar-refractivity contribution in [1.82, 2.24) is 9.97 Å². The number of hydrogen-bond donors (Lipinski definition) is 1. The molecular weight excluding hydrogens is 322 g/mol. The van der Waals surface area contributed by atoms with E-state index >= 15 is 0 Å². The third-order valence-electron chi connectivity index (χ3n) is 2.67. The molecule has 3 rings (SSSR count). The number of halogens is 1. The first-order valence-electron chi connectivity index (χ1n) is 6.29. The van der Waals surface area contributed by atoms with Crippen LogP contribution in [0.3, 0.4) is 0 Å². The van der Waals surface area contributed by atoms with Gasteiger partial charge in [0.25, 0.3) is 0 Å². The van der Waals surface area contributed by atoms with E-state index in [0.717, 1.165) is 31.5 Å². The molecule has 0 aliphatic heterocycles. The minimum absolute atomic E-state index is 0.738. The Bertz CT molecular complexity index is 758. The lowest BCUT2D eigenvalue weighted by molar-refractivity contribution is 1.20. The van der Waals surface area contributed by atoms with Gasteiger partial charge in [-0.25, -0.2) is 9.97 Å². The van der Waals surface area contributed by atoms with Gasteiger partial charge in [0.1, 0.15) is 5.82 Å². The van der Waals surface area contributed by atoms with Gasteiger partial charge < -0.3 is 5.32 Å². The van der Waals surface area contributed by atoms with E-state index in [4.69, 9.17) is 11.6 Å². The molecule has 0 saturated heterocycles. The maximum Gasteiger partial charge on any atom is 0.188 e. The van der Waals surface area contributed by atoms with E-state index in [-0.39, 0.29) is 0 Å². The first kappa shape index (κ1) is 14.4. The van der Waals surface area contributed by atoms with E-state index in [1.807, 2.05) is 48.7 Å². The highest BCUT2D eigenvalue weighted by molar-refractivity contribution is 7.99. The van der Waals surface area contributed by atoms with E-state index in [0.29, 0.717) is 0 Å². The third kappa shape index (κ3) is 3.56. The van der Waals surface area contributed by atoms with E-state index in [1.54, 1.807) is 29.3 Å². The number of rotatable bonds is 4. The zero-order valence-corrected chi connectivity index (χ0v) is 13.6. The number of benzene rings is 1. The van der Waals surface area contributed by atoms with E-state index in [1.165, 1.54) is 0 Å². The molecule has 6 heteroatoms. The molecule has 0 aliphatic carbocycles. The third-order valence-corrected chi connectivity index (χ3v) is 5.11. The molecule has 0 aliphatic rings. The van der Waals surface area contributed by atoms with Crippen LogP contribution in [0.25, 0.3) is 0 Å². The minimum atomic E-state index is 0.738. The number of nitrogens with zero attached hydrogens (tertiary/aromatic N) is 2. The van der Waals surface area contributed by atoms with Gasteiger partial charge in [0.15, 0.2) is 5.13 Å². The van der Waals surface area contributed by atoms with Crippen molar-refractivity contribution in [2.24, 2.45) is 0 Å². The summed E-state index contributed by atoms with van der Waals surface area (Å²) in [4.78, 5) is 10.8. The van der Waals surface area contributed by atoms with Crippen LogP contribution in [-0.4, -0.2) is 9.97 Å². The van der Waals surface area contributed by atoms with Gasteiger partial charge in [-0.05, 0) is 31.2 Å². The SMILES string of the molecule is Cc1csc(Nc2ncccc2Sc2ccccc2Cl)n1. The molecular formula is C15H12ClN3S2. The highest BCUT2D eigenvalue weighted by Gasteiger charge is 2.09. The first-order chi connectivity index (χ1) is 10.2. The molecule has 0 bridgehead atoms. The van der Waals surface area contributed by atoms with Crippen LogP contribution in [-0.2, 0) is 0 Å². The van der Waals surface area contributed by atoms with Crippen LogP contribution in [0.4, 0.5) is 10.9 Å². The highest BCUT2D eigenvalue weighted by atomic mass is 35.5. The van der Waals surface area contributed by atoms with Gasteiger partial charge in [-0.2, -0.15) is 0 Å². The van der Waals surface area contributed by atoms with Gasteiger partial charge in [-0.15, -0.1) is 11.3 Å². The van der Waals surface area contributed by atoms with Gasteiger partial charge >= 0.3 is 0 Å². The lowest BCUT2D eigenvalue weighted by atomic mass is 10.4. The van der Waals surface area contributed by atoms with Crippen molar-refractivity contribution in [3.05, 3.63) is 58.7 Å². The summed E-state index contributed by atoms with van der Waals surface area (Å²) < 4.78 is 0. The minimum Gasteiger partial charge on any atom is -0.315 e. The summed E-state index contributed by atoms with van der Waals surface area (Å²) in [5.41, 5.74) is 0.999. The summed E-state index contributed by atoms with van der Waals surface area (Å²) in [6.45, 7) is 1.97. The number of anilines is 2. The normalized spacial score (nSPS) is 10.6. The van der Waals surface area contributed by atoms with Crippen LogP contribution in [0.1, 0.15) is 5.69 Å². The van der Waals surface area contributed by atoms with Crippen molar-refractivity contribution in [2.45, 2.75) is 16.7 Å². The Hall–Kier alpha value is -1.56. The molecule has 0 saturated carbocycles. The lowest BCUT2D eigenvalue weighted by Gasteiger charge is -2.09. The lowest BCUT2D eigenvalue weighted by Crippen LogP contribution is -1.95. The molecule has 2 aromatic heterocycles. The van der Waals surface area contributed by atoms with Gasteiger partial charge in [0.2, 0.25) is 0 Å². The van der Waals surface area contributed by atoms with E-state index in [2.05, 4.69) is 15.3 Å². The second kappa shape index (κ2) is 6.47. The standard InChI is InChI=1S/C15H12ClN3S2/c1-10-9-20-15(18-10)19-14-13(7-4-8-17-14)21-12-6-3-2-5-11(12)16/h2-9H,1H3,(H,17,18,19). The topological polar surface area (TPSA) is 37.8 Å². The summed E-state index contributed by atoms with van der Waals surface area (Å²) in [6.07, 6.45) is 1.76. The van der Waals surface area contributed by atoms with Gasteiger partial charge in [0, 0.05) is 16.5 Å². The molecule has 0 atom stereocenters. The molecule has 0 unspecified atom stereocenters. The molecule has 0 spiro atoms. The Morgan fingerprint density at radius 2 is 1.95 bits per heavy atom. The number of aromatic nitrogens is 2. The molecule has 1 aromatic carbocycles. The van der Waals surface area contributed by atoms with Crippen molar-refractivity contribution in [1.29, 1.82) is 0 Å². The number of hydrogen-bond acceptors (Lipinski definition) is 5. The zero-order valence-electron chi connectivity index (χ0n) is 11.2. The maximum absolute atomic E-state index is 6.22. The zero-order chi connectivity index (χ0) is 14.7. The van der Waals surface area contributed by atoms with Gasteiger partial charge in [0.05, 0.1) is 15.6 Å². The molecule has 3 nitrogen and oxygen atoms in total. The van der Waals surface area contributed by atoms with E-state index < -0.39 is 0 Å². The van der Waals surface area contributed by atoms with Crippen molar-refractivity contribution >= 4 is 45.6 Å². The predicted molar refractivity (Wildman–Crippen MR) is 89.9 cm³/mol. The van der Waals surface area contributed by atoms with Crippen LogP contribution in [0, 0.1) is 6.92 Å². The van der Waals surface area contributed by atoms with Crippen LogP contribution in [0.5, 0.6) is 0 Å². The van der Waals surface area contributed by atoms with Crippen LogP contribution >= 0.6 is 34.7 Å². The Morgan fingerprint density at radius 3 is 2.71 bits per heavy atom. The summed E-state index contributed by atoms with van der Waals surface area (Å²) in [7, 11) is 0. The molecule has 3 aromatic rings. The van der Waals surface area contributed by atoms with Crippen LogP contribution in [0.2, 0.25) is 5.02 Å². The number of aryl methyl sites for hydroxylation is 1. The molecule has 106 valence electrons. The molecule has 0 fully saturated rings. The second-order valence-electron chi connectivity index (χ2n) is 4.30. The molecule has 2 heterocycles. The van der Waals surface area contributed by atoms with Crippen molar-refractivity contribution < 1.29 is 0 Å². The van der Waals surface area contributed by atoms with E-state index in [9.17, 15) is 0 Å². The van der Waals surface area contributed by atoms with Crippen molar-refractivity contribution in [2.75, 3.05) is 5.32 Å². The largest absolute Gasteiger partial charge is 0.315 e. The van der Waals surface area contributed by atoms with Crippen LogP contribution < -0.4 is 5.32 Å². The fraction of sp³-hybridized carbons (Fsp3) is 0.0667. The van der Waals surface area contributed by atoms with Crippen LogP contribution in [0.15, 0.2) is 57.8 Å². The highest BCUT2D eigenvalue weighted by Crippen LogP contribution is 2.37.